The van der Waals surface area contributed by atoms with Gasteiger partial charge in [-0.25, -0.2) is 8.42 Å². The molecular formula is C14H21NO3S. The van der Waals surface area contributed by atoms with Crippen molar-refractivity contribution in [3.05, 3.63) is 29.8 Å². The molecule has 106 valence electrons. The van der Waals surface area contributed by atoms with Gasteiger partial charge in [-0.3, -0.25) is 0 Å². The highest BCUT2D eigenvalue weighted by Gasteiger charge is 2.30. The van der Waals surface area contributed by atoms with Crippen LogP contribution in [-0.2, 0) is 9.84 Å². The largest absolute Gasteiger partial charge is 0.508 e. The van der Waals surface area contributed by atoms with E-state index in [2.05, 4.69) is 5.32 Å². The number of phenols is 1. The molecular weight excluding hydrogens is 262 g/mol. The molecule has 1 aliphatic rings. The molecule has 0 bridgehead atoms. The smallest absolute Gasteiger partial charge is 0.150 e. The van der Waals surface area contributed by atoms with Crippen LogP contribution in [0.2, 0.25) is 0 Å². The molecule has 1 aromatic rings. The van der Waals surface area contributed by atoms with E-state index in [0.717, 1.165) is 24.9 Å². The topological polar surface area (TPSA) is 66.4 Å². The number of phenolic OH excluding ortho intramolecular Hbond substituents is 1. The van der Waals surface area contributed by atoms with Crippen molar-refractivity contribution in [1.82, 2.24) is 5.32 Å². The summed E-state index contributed by atoms with van der Waals surface area (Å²) in [6.45, 7) is 0.829. The molecule has 1 atom stereocenters. The summed E-state index contributed by atoms with van der Waals surface area (Å²) in [6, 6.07) is 7.25. The molecule has 0 spiro atoms. The van der Waals surface area contributed by atoms with Gasteiger partial charge in [0.1, 0.15) is 15.6 Å². The summed E-state index contributed by atoms with van der Waals surface area (Å²) in [5.74, 6) is 1.56. The molecule has 0 saturated carbocycles. The van der Waals surface area contributed by atoms with Crippen LogP contribution < -0.4 is 5.32 Å². The summed E-state index contributed by atoms with van der Waals surface area (Å²) < 4.78 is 23.0. The van der Waals surface area contributed by atoms with E-state index >= 15 is 0 Å². The lowest BCUT2D eigenvalue weighted by Crippen LogP contribution is -2.31. The number of hydrogen-bond acceptors (Lipinski definition) is 4. The van der Waals surface area contributed by atoms with Crippen LogP contribution in [0, 0.1) is 5.92 Å². The molecule has 1 unspecified atom stereocenters. The first-order valence-corrected chi connectivity index (χ1v) is 8.48. The number of rotatable bonds is 4. The van der Waals surface area contributed by atoms with Gasteiger partial charge < -0.3 is 10.4 Å². The van der Waals surface area contributed by atoms with E-state index in [-0.39, 0.29) is 5.75 Å². The lowest BCUT2D eigenvalue weighted by Gasteiger charge is -2.30. The Balaban J connectivity index is 2.14. The number of hydrogen-bond donors (Lipinski definition) is 2. The van der Waals surface area contributed by atoms with Gasteiger partial charge in [0.25, 0.3) is 0 Å². The SMILES string of the molecule is CNCC(c1ccc(O)cc1)C1CCS(=O)(=O)CC1. The molecule has 1 aliphatic heterocycles. The monoisotopic (exact) mass is 283 g/mol. The average Bonchev–Trinajstić information content (AvgIpc) is 2.38. The zero-order valence-electron chi connectivity index (χ0n) is 11.2. The Kier molecular flexibility index (Phi) is 4.47. The van der Waals surface area contributed by atoms with Gasteiger partial charge in [-0.15, -0.1) is 0 Å². The third-order valence-corrected chi connectivity index (χ3v) is 5.63. The van der Waals surface area contributed by atoms with Crippen molar-refractivity contribution >= 4 is 9.84 Å². The summed E-state index contributed by atoms with van der Waals surface area (Å²) >= 11 is 0. The molecule has 1 aromatic carbocycles. The highest BCUT2D eigenvalue weighted by atomic mass is 32.2. The Morgan fingerprint density at radius 2 is 1.84 bits per heavy atom. The molecule has 0 amide bonds. The minimum atomic E-state index is -2.81. The van der Waals surface area contributed by atoms with Crippen molar-refractivity contribution in [2.24, 2.45) is 5.92 Å². The van der Waals surface area contributed by atoms with E-state index in [1.807, 2.05) is 19.2 Å². The fourth-order valence-corrected chi connectivity index (χ4v) is 4.34. The second-order valence-corrected chi connectivity index (χ2v) is 7.55. The third kappa shape index (κ3) is 3.70. The minimum Gasteiger partial charge on any atom is -0.508 e. The molecule has 2 rings (SSSR count). The minimum absolute atomic E-state index is 0.262. The van der Waals surface area contributed by atoms with Crippen LogP contribution in [-0.4, -0.2) is 38.6 Å². The number of benzene rings is 1. The Bertz CT molecular complexity index is 496. The lowest BCUT2D eigenvalue weighted by molar-refractivity contribution is 0.375. The highest BCUT2D eigenvalue weighted by Crippen LogP contribution is 2.33. The molecule has 0 aliphatic carbocycles. The quantitative estimate of drug-likeness (QED) is 0.879. The van der Waals surface area contributed by atoms with Gasteiger partial charge in [-0.2, -0.15) is 0 Å². The first-order chi connectivity index (χ1) is 9.02. The molecule has 4 nitrogen and oxygen atoms in total. The summed E-state index contributed by atoms with van der Waals surface area (Å²) in [5, 5.41) is 12.5. The fourth-order valence-electron chi connectivity index (χ4n) is 2.81. The van der Waals surface area contributed by atoms with Crippen LogP contribution in [0.25, 0.3) is 0 Å². The zero-order valence-corrected chi connectivity index (χ0v) is 12.0. The van der Waals surface area contributed by atoms with Gasteiger partial charge in [-0.1, -0.05) is 12.1 Å². The van der Waals surface area contributed by atoms with Gasteiger partial charge in [0.05, 0.1) is 11.5 Å². The highest BCUT2D eigenvalue weighted by molar-refractivity contribution is 7.91. The Morgan fingerprint density at radius 1 is 1.26 bits per heavy atom. The van der Waals surface area contributed by atoms with E-state index in [1.165, 1.54) is 0 Å². The van der Waals surface area contributed by atoms with Gasteiger partial charge in [0.2, 0.25) is 0 Å². The molecule has 1 fully saturated rings. The van der Waals surface area contributed by atoms with Gasteiger partial charge in [0.15, 0.2) is 0 Å². The van der Waals surface area contributed by atoms with Crippen molar-refractivity contribution in [2.45, 2.75) is 18.8 Å². The van der Waals surface area contributed by atoms with Crippen molar-refractivity contribution < 1.29 is 13.5 Å². The predicted molar refractivity (Wildman–Crippen MR) is 76.2 cm³/mol. The van der Waals surface area contributed by atoms with Crippen molar-refractivity contribution in [2.75, 3.05) is 25.1 Å². The molecule has 2 N–H and O–H groups in total. The van der Waals surface area contributed by atoms with Crippen LogP contribution in [0.5, 0.6) is 5.75 Å². The molecule has 5 heteroatoms. The van der Waals surface area contributed by atoms with Crippen LogP contribution in [0.3, 0.4) is 0 Å². The third-order valence-electron chi connectivity index (χ3n) is 3.91. The van der Waals surface area contributed by atoms with Crippen molar-refractivity contribution in [1.29, 1.82) is 0 Å². The second kappa shape index (κ2) is 5.92. The fraction of sp³-hybridized carbons (Fsp3) is 0.571. The average molecular weight is 283 g/mol. The van der Waals surface area contributed by atoms with Gasteiger partial charge in [-0.05, 0) is 49.4 Å². The maximum absolute atomic E-state index is 11.5. The number of aromatic hydroxyl groups is 1. The molecule has 0 radical (unpaired) electrons. The summed E-state index contributed by atoms with van der Waals surface area (Å²) in [7, 11) is -0.904. The lowest BCUT2D eigenvalue weighted by atomic mass is 9.82. The van der Waals surface area contributed by atoms with Crippen LogP contribution in [0.1, 0.15) is 24.3 Å². The van der Waals surface area contributed by atoms with E-state index in [4.69, 9.17) is 0 Å². The van der Waals surface area contributed by atoms with Gasteiger partial charge >= 0.3 is 0 Å². The number of likely N-dealkylation sites (N-methyl/N-ethyl adjacent to an activating group) is 1. The summed E-state index contributed by atoms with van der Waals surface area (Å²) in [4.78, 5) is 0. The van der Waals surface area contributed by atoms with E-state index in [0.29, 0.717) is 23.3 Å². The van der Waals surface area contributed by atoms with E-state index < -0.39 is 9.84 Å². The summed E-state index contributed by atoms with van der Waals surface area (Å²) in [6.07, 6.45) is 1.46. The first-order valence-electron chi connectivity index (χ1n) is 6.66. The Labute approximate surface area is 114 Å². The molecule has 1 heterocycles. The second-order valence-electron chi connectivity index (χ2n) is 5.24. The van der Waals surface area contributed by atoms with Crippen LogP contribution in [0.15, 0.2) is 24.3 Å². The van der Waals surface area contributed by atoms with E-state index in [1.54, 1.807) is 12.1 Å². The van der Waals surface area contributed by atoms with Crippen molar-refractivity contribution in [3.8, 4) is 5.75 Å². The number of sulfone groups is 1. The maximum atomic E-state index is 11.5. The van der Waals surface area contributed by atoms with Crippen LogP contribution in [0.4, 0.5) is 0 Å². The predicted octanol–water partition coefficient (Wildman–Crippen LogP) is 1.52. The molecule has 1 saturated heterocycles. The van der Waals surface area contributed by atoms with E-state index in [9.17, 15) is 13.5 Å². The van der Waals surface area contributed by atoms with Crippen molar-refractivity contribution in [3.63, 3.8) is 0 Å². The maximum Gasteiger partial charge on any atom is 0.150 e. The number of nitrogens with one attached hydrogen (secondary N) is 1. The zero-order chi connectivity index (χ0) is 13.9. The molecule has 19 heavy (non-hydrogen) atoms. The van der Waals surface area contributed by atoms with Crippen LogP contribution >= 0.6 is 0 Å². The first kappa shape index (κ1) is 14.3. The Hall–Kier alpha value is -1.07. The standard InChI is InChI=1S/C14H21NO3S/c1-15-10-14(11-2-4-13(16)5-3-11)12-6-8-19(17,18)9-7-12/h2-5,12,14-16H,6-10H2,1H3. The normalized spacial score (nSPS) is 21.1. The summed E-state index contributed by atoms with van der Waals surface area (Å²) in [5.41, 5.74) is 1.16. The van der Waals surface area contributed by atoms with Gasteiger partial charge in [0, 0.05) is 6.54 Å². The Morgan fingerprint density at radius 3 is 2.37 bits per heavy atom. The molecule has 0 aromatic heterocycles.